The molecule has 0 bridgehead atoms. The Morgan fingerprint density at radius 3 is 2.91 bits per heavy atom. The summed E-state index contributed by atoms with van der Waals surface area (Å²) in [6.07, 6.45) is 3.93. The summed E-state index contributed by atoms with van der Waals surface area (Å²) in [7, 11) is 0. The van der Waals surface area contributed by atoms with Crippen LogP contribution in [0.25, 0.3) is 0 Å². The minimum Gasteiger partial charge on any atom is -0.453 e. The van der Waals surface area contributed by atoms with Crippen LogP contribution in [0.5, 0.6) is 0 Å². The maximum Gasteiger partial charge on any atom is 0.348 e. The third-order valence-electron chi connectivity index (χ3n) is 0.889. The molecule has 0 heterocycles. The van der Waals surface area contributed by atoms with E-state index >= 15 is 0 Å². The van der Waals surface area contributed by atoms with Gasteiger partial charge < -0.3 is 9.47 Å². The smallest absolute Gasteiger partial charge is 0.348 e. The van der Waals surface area contributed by atoms with Gasteiger partial charge in [-0.15, -0.1) is 6.42 Å². The van der Waals surface area contributed by atoms with Crippen molar-refractivity contribution in [2.24, 2.45) is 0 Å². The van der Waals surface area contributed by atoms with E-state index in [9.17, 15) is 9.59 Å². The second-order valence-electron chi connectivity index (χ2n) is 1.69. The molecule has 11 heavy (non-hydrogen) atoms. The van der Waals surface area contributed by atoms with Crippen molar-refractivity contribution in [1.29, 1.82) is 0 Å². The van der Waals surface area contributed by atoms with E-state index in [1.54, 1.807) is 0 Å². The van der Waals surface area contributed by atoms with Crippen LogP contribution in [0.4, 0.5) is 0 Å². The molecule has 1 atom stereocenters. The predicted molar refractivity (Wildman–Crippen MR) is 36.4 cm³/mol. The fourth-order valence-electron chi connectivity index (χ4n) is 0.369. The van der Waals surface area contributed by atoms with Gasteiger partial charge in [0.25, 0.3) is 6.47 Å². The molecule has 0 aromatic carbocycles. The minimum atomic E-state index is -0.888. The third-order valence-corrected chi connectivity index (χ3v) is 0.889. The van der Waals surface area contributed by atoms with Gasteiger partial charge in [0.15, 0.2) is 12.7 Å². The quantitative estimate of drug-likeness (QED) is 0.319. The summed E-state index contributed by atoms with van der Waals surface area (Å²) in [5, 5.41) is 0. The van der Waals surface area contributed by atoms with Gasteiger partial charge in [-0.1, -0.05) is 5.92 Å². The van der Waals surface area contributed by atoms with E-state index in [-0.39, 0.29) is 13.1 Å². The van der Waals surface area contributed by atoms with Gasteiger partial charge in [0.2, 0.25) is 0 Å². The number of carbonyl (C=O) groups excluding carboxylic acids is 2. The molecule has 0 aromatic heterocycles. The van der Waals surface area contributed by atoms with Crippen molar-refractivity contribution in [3.63, 3.8) is 0 Å². The molecule has 4 heteroatoms. The van der Waals surface area contributed by atoms with Crippen molar-refractivity contribution < 1.29 is 19.1 Å². The number of ether oxygens (including phenoxy) is 2. The fourth-order valence-corrected chi connectivity index (χ4v) is 0.369. The second kappa shape index (κ2) is 5.30. The molecule has 0 rings (SSSR count). The van der Waals surface area contributed by atoms with Gasteiger partial charge >= 0.3 is 5.97 Å². The van der Waals surface area contributed by atoms with Crippen molar-refractivity contribution in [2.45, 2.75) is 13.0 Å². The van der Waals surface area contributed by atoms with Crippen molar-refractivity contribution in [3.8, 4) is 12.3 Å². The molecule has 0 aliphatic heterocycles. The first-order valence-electron chi connectivity index (χ1n) is 2.91. The molecule has 0 aromatic rings. The Morgan fingerprint density at radius 2 is 2.45 bits per heavy atom. The lowest BCUT2D eigenvalue weighted by atomic mass is 10.4. The summed E-state index contributed by atoms with van der Waals surface area (Å²) in [6.45, 7) is 1.47. The van der Waals surface area contributed by atoms with Gasteiger partial charge in [-0.05, 0) is 6.92 Å². The highest BCUT2D eigenvalue weighted by Crippen LogP contribution is 1.91. The predicted octanol–water partition coefficient (Wildman–Crippen LogP) is -0.276. The molecule has 0 N–H and O–H groups in total. The van der Waals surface area contributed by atoms with Gasteiger partial charge in [-0.2, -0.15) is 0 Å². The van der Waals surface area contributed by atoms with E-state index in [0.717, 1.165) is 0 Å². The molecule has 60 valence electrons. The summed E-state index contributed by atoms with van der Waals surface area (Å²) in [5.41, 5.74) is 0. The maximum atomic E-state index is 10.7. The highest BCUT2D eigenvalue weighted by atomic mass is 16.6. The monoisotopic (exact) mass is 156 g/mol. The Morgan fingerprint density at radius 1 is 1.82 bits per heavy atom. The zero-order valence-corrected chi connectivity index (χ0v) is 6.07. The second-order valence-corrected chi connectivity index (χ2v) is 1.69. The maximum absolute atomic E-state index is 10.7. The summed E-state index contributed by atoms with van der Waals surface area (Å²) in [5.74, 6) is 1.47. The summed E-state index contributed by atoms with van der Waals surface area (Å²) >= 11 is 0. The van der Waals surface area contributed by atoms with Gasteiger partial charge in [0.05, 0.1) is 0 Å². The third kappa shape index (κ3) is 3.98. The summed E-state index contributed by atoms with van der Waals surface area (Å²) < 4.78 is 8.72. The Labute approximate surface area is 64.5 Å². The largest absolute Gasteiger partial charge is 0.453 e. The van der Waals surface area contributed by atoms with Crippen LogP contribution in [0.2, 0.25) is 0 Å². The molecular formula is C7H8O4. The Kier molecular flexibility index (Phi) is 4.58. The molecule has 0 spiro atoms. The lowest BCUT2D eigenvalue weighted by Gasteiger charge is -2.06. The fraction of sp³-hybridized carbons (Fsp3) is 0.429. The molecule has 0 saturated heterocycles. The summed E-state index contributed by atoms with van der Waals surface area (Å²) in [4.78, 5) is 20.4. The molecule has 0 fully saturated rings. The average Bonchev–Trinajstić information content (AvgIpc) is 2.00. The van der Waals surface area contributed by atoms with E-state index in [1.165, 1.54) is 6.92 Å². The SMILES string of the molecule is C#CCOC(=O)[C@@H](C)OC=O. The normalized spacial score (nSPS) is 10.9. The molecule has 0 aliphatic carbocycles. The van der Waals surface area contributed by atoms with Crippen molar-refractivity contribution >= 4 is 12.4 Å². The van der Waals surface area contributed by atoms with Gasteiger partial charge in [-0.25, -0.2) is 4.79 Å². The van der Waals surface area contributed by atoms with E-state index < -0.39 is 12.1 Å². The zero-order chi connectivity index (χ0) is 8.69. The standard InChI is InChI=1S/C7H8O4/c1-3-4-10-7(9)6(2)11-5-8/h1,5-6H,4H2,2H3/t6-/m1/s1. The highest BCUT2D eigenvalue weighted by molar-refractivity contribution is 5.75. The van der Waals surface area contributed by atoms with E-state index in [1.807, 2.05) is 0 Å². The van der Waals surface area contributed by atoms with Gasteiger partial charge in [-0.3, -0.25) is 4.79 Å². The molecular weight excluding hydrogens is 148 g/mol. The average molecular weight is 156 g/mol. The zero-order valence-electron chi connectivity index (χ0n) is 6.07. The summed E-state index contributed by atoms with van der Waals surface area (Å²) in [6, 6.07) is 0. The Bertz CT molecular complexity index is 179. The molecule has 0 radical (unpaired) electrons. The highest BCUT2D eigenvalue weighted by Gasteiger charge is 2.13. The van der Waals surface area contributed by atoms with Crippen LogP contribution >= 0.6 is 0 Å². The Hall–Kier alpha value is -1.50. The lowest BCUT2D eigenvalue weighted by molar-refractivity contribution is -0.159. The van der Waals surface area contributed by atoms with Crippen LogP contribution in [-0.4, -0.2) is 25.2 Å². The Balaban J connectivity index is 3.65. The molecule has 4 nitrogen and oxygen atoms in total. The van der Waals surface area contributed by atoms with Crippen LogP contribution < -0.4 is 0 Å². The van der Waals surface area contributed by atoms with Crippen LogP contribution in [0.1, 0.15) is 6.92 Å². The van der Waals surface area contributed by atoms with Crippen LogP contribution in [0.3, 0.4) is 0 Å². The van der Waals surface area contributed by atoms with Crippen molar-refractivity contribution in [1.82, 2.24) is 0 Å². The number of hydrogen-bond donors (Lipinski definition) is 0. The van der Waals surface area contributed by atoms with Crippen LogP contribution in [-0.2, 0) is 19.1 Å². The minimum absolute atomic E-state index is 0.106. The number of esters is 1. The number of carbonyl (C=O) groups is 2. The lowest BCUT2D eigenvalue weighted by Crippen LogP contribution is -2.22. The topological polar surface area (TPSA) is 52.6 Å². The number of rotatable bonds is 4. The number of terminal acetylenes is 1. The van der Waals surface area contributed by atoms with Gasteiger partial charge in [0, 0.05) is 0 Å². The van der Waals surface area contributed by atoms with Crippen molar-refractivity contribution in [3.05, 3.63) is 0 Å². The number of hydrogen-bond acceptors (Lipinski definition) is 4. The van der Waals surface area contributed by atoms with Crippen molar-refractivity contribution in [2.75, 3.05) is 6.61 Å². The van der Waals surface area contributed by atoms with E-state index in [2.05, 4.69) is 15.4 Å². The molecule has 0 saturated carbocycles. The van der Waals surface area contributed by atoms with Gasteiger partial charge in [0.1, 0.15) is 0 Å². The van der Waals surface area contributed by atoms with Crippen LogP contribution in [0.15, 0.2) is 0 Å². The molecule has 0 aliphatic rings. The van der Waals surface area contributed by atoms with Crippen LogP contribution in [0, 0.1) is 12.3 Å². The van der Waals surface area contributed by atoms with E-state index in [4.69, 9.17) is 6.42 Å². The molecule has 0 unspecified atom stereocenters. The van der Waals surface area contributed by atoms with E-state index in [0.29, 0.717) is 0 Å². The molecule has 0 amide bonds. The first-order chi connectivity index (χ1) is 5.22. The first kappa shape index (κ1) is 9.50. The first-order valence-corrected chi connectivity index (χ1v) is 2.91.